The fourth-order valence-electron chi connectivity index (χ4n) is 2.77. The Morgan fingerprint density at radius 3 is 2.82 bits per heavy atom. The van der Waals surface area contributed by atoms with Crippen molar-refractivity contribution in [3.05, 3.63) is 57.9 Å². The minimum Gasteiger partial charge on any atom is -0.494 e. The molecule has 0 atom stereocenters. The van der Waals surface area contributed by atoms with E-state index in [1.165, 1.54) is 11.3 Å². The van der Waals surface area contributed by atoms with Crippen LogP contribution in [0.4, 0.5) is 0 Å². The lowest BCUT2D eigenvalue weighted by atomic mass is 10.2. The quantitative estimate of drug-likeness (QED) is 0.488. The molecular formula is C21H23ClN2O3S. The lowest BCUT2D eigenvalue weighted by Crippen LogP contribution is -2.19. The Kier molecular flexibility index (Phi) is 7.25. The van der Waals surface area contributed by atoms with Crippen LogP contribution < -0.4 is 9.54 Å². The molecule has 148 valence electrons. The number of hydrogen-bond acceptors (Lipinski definition) is 4. The summed E-state index contributed by atoms with van der Waals surface area (Å²) < 4.78 is 13.8. The van der Waals surface area contributed by atoms with Crippen LogP contribution in [0.5, 0.6) is 5.75 Å². The van der Waals surface area contributed by atoms with Crippen molar-refractivity contribution in [2.75, 3.05) is 20.3 Å². The van der Waals surface area contributed by atoms with Crippen LogP contribution >= 0.6 is 22.9 Å². The second-order valence-corrected chi connectivity index (χ2v) is 7.68. The molecule has 1 amide bonds. The van der Waals surface area contributed by atoms with Crippen molar-refractivity contribution < 1.29 is 14.3 Å². The third-order valence-electron chi connectivity index (χ3n) is 4.22. The van der Waals surface area contributed by atoms with Crippen LogP contribution in [0, 0.1) is 0 Å². The van der Waals surface area contributed by atoms with Gasteiger partial charge in [0.1, 0.15) is 5.75 Å². The van der Waals surface area contributed by atoms with E-state index < -0.39 is 0 Å². The van der Waals surface area contributed by atoms with E-state index in [0.717, 1.165) is 23.1 Å². The Morgan fingerprint density at radius 2 is 2.04 bits per heavy atom. The van der Waals surface area contributed by atoms with Gasteiger partial charge in [0.2, 0.25) is 0 Å². The highest BCUT2D eigenvalue weighted by molar-refractivity contribution is 7.16. The Balaban J connectivity index is 1.96. The van der Waals surface area contributed by atoms with Gasteiger partial charge in [-0.2, -0.15) is 4.99 Å². The molecule has 0 radical (unpaired) electrons. The van der Waals surface area contributed by atoms with Crippen LogP contribution in [0.2, 0.25) is 5.02 Å². The SMILES string of the molecule is CCCCOc1cccc(C(=O)N=c2sc3cccc(Cl)c3n2CCOC)c1. The first kappa shape index (κ1) is 20.6. The first-order valence-electron chi connectivity index (χ1n) is 9.22. The van der Waals surface area contributed by atoms with Gasteiger partial charge in [-0.1, -0.05) is 48.4 Å². The monoisotopic (exact) mass is 418 g/mol. The smallest absolute Gasteiger partial charge is 0.279 e. The zero-order chi connectivity index (χ0) is 19.9. The molecule has 5 nitrogen and oxygen atoms in total. The Hall–Kier alpha value is -2.15. The molecular weight excluding hydrogens is 396 g/mol. The van der Waals surface area contributed by atoms with E-state index >= 15 is 0 Å². The number of halogens is 1. The van der Waals surface area contributed by atoms with Crippen molar-refractivity contribution >= 4 is 39.1 Å². The number of unbranched alkanes of at least 4 members (excludes halogenated alkanes) is 1. The molecule has 1 heterocycles. The maximum absolute atomic E-state index is 12.8. The van der Waals surface area contributed by atoms with Gasteiger partial charge in [0.25, 0.3) is 5.91 Å². The van der Waals surface area contributed by atoms with Crippen LogP contribution in [0.3, 0.4) is 0 Å². The summed E-state index contributed by atoms with van der Waals surface area (Å²) in [4.78, 5) is 17.8. The van der Waals surface area contributed by atoms with E-state index in [4.69, 9.17) is 21.1 Å². The summed E-state index contributed by atoms with van der Waals surface area (Å²) in [6, 6.07) is 12.9. The summed E-state index contributed by atoms with van der Waals surface area (Å²) in [5.41, 5.74) is 1.37. The van der Waals surface area contributed by atoms with Crippen LogP contribution in [-0.2, 0) is 11.3 Å². The first-order chi connectivity index (χ1) is 13.6. The number of fused-ring (bicyclic) bond motifs is 1. The van der Waals surface area contributed by atoms with E-state index in [9.17, 15) is 4.79 Å². The molecule has 0 aliphatic rings. The Labute approximate surface area is 173 Å². The van der Waals surface area contributed by atoms with Gasteiger partial charge in [-0.3, -0.25) is 4.79 Å². The maximum atomic E-state index is 12.8. The van der Waals surface area contributed by atoms with E-state index in [2.05, 4.69) is 11.9 Å². The van der Waals surface area contributed by atoms with Crippen molar-refractivity contribution in [1.82, 2.24) is 4.57 Å². The van der Waals surface area contributed by atoms with Gasteiger partial charge < -0.3 is 14.0 Å². The standard InChI is InChI=1S/C21H23ClN2O3S/c1-3-4-12-27-16-8-5-7-15(14-16)20(25)23-21-24(11-13-26-2)19-17(22)9-6-10-18(19)28-21/h5-10,14H,3-4,11-13H2,1-2H3. The molecule has 3 aromatic rings. The number of rotatable bonds is 8. The van der Waals surface area contributed by atoms with Crippen molar-refractivity contribution in [2.24, 2.45) is 4.99 Å². The van der Waals surface area contributed by atoms with Crippen LogP contribution in [0.15, 0.2) is 47.5 Å². The highest BCUT2D eigenvalue weighted by Gasteiger charge is 2.12. The summed E-state index contributed by atoms with van der Waals surface area (Å²) in [7, 11) is 1.64. The molecule has 0 saturated heterocycles. The average Bonchev–Trinajstić information content (AvgIpc) is 3.05. The van der Waals surface area contributed by atoms with Gasteiger partial charge in [0.05, 0.1) is 28.5 Å². The highest BCUT2D eigenvalue weighted by atomic mass is 35.5. The third kappa shape index (κ3) is 4.82. The van der Waals surface area contributed by atoms with E-state index in [1.54, 1.807) is 19.2 Å². The molecule has 2 aromatic carbocycles. The highest BCUT2D eigenvalue weighted by Crippen LogP contribution is 2.25. The predicted octanol–water partition coefficient (Wildman–Crippen LogP) is 4.92. The van der Waals surface area contributed by atoms with Gasteiger partial charge in [-0.25, -0.2) is 0 Å². The topological polar surface area (TPSA) is 52.8 Å². The fraction of sp³-hybridized carbons (Fsp3) is 0.333. The largest absolute Gasteiger partial charge is 0.494 e. The van der Waals surface area contributed by atoms with Gasteiger partial charge in [0.15, 0.2) is 4.80 Å². The second kappa shape index (κ2) is 9.87. The molecule has 0 saturated carbocycles. The van der Waals surface area contributed by atoms with Crippen molar-refractivity contribution in [3.8, 4) is 5.75 Å². The Morgan fingerprint density at radius 1 is 1.21 bits per heavy atom. The average molecular weight is 419 g/mol. The number of thiazole rings is 1. The lowest BCUT2D eigenvalue weighted by molar-refractivity contribution is 0.0997. The summed E-state index contributed by atoms with van der Waals surface area (Å²) >= 11 is 7.83. The molecule has 0 spiro atoms. The summed E-state index contributed by atoms with van der Waals surface area (Å²) in [6.45, 7) is 3.81. The summed E-state index contributed by atoms with van der Waals surface area (Å²) in [5.74, 6) is 0.371. The minimum atomic E-state index is -0.310. The van der Waals surface area contributed by atoms with Crippen molar-refractivity contribution in [2.45, 2.75) is 26.3 Å². The molecule has 0 aliphatic heterocycles. The van der Waals surface area contributed by atoms with Crippen LogP contribution in [-0.4, -0.2) is 30.8 Å². The van der Waals surface area contributed by atoms with Gasteiger partial charge in [0, 0.05) is 19.2 Å². The number of carbonyl (C=O) groups is 1. The van der Waals surface area contributed by atoms with Crippen LogP contribution in [0.25, 0.3) is 10.2 Å². The van der Waals surface area contributed by atoms with E-state index in [0.29, 0.717) is 40.9 Å². The molecule has 7 heteroatoms. The number of amides is 1. The Bertz CT molecular complexity index is 1030. The number of hydrogen-bond donors (Lipinski definition) is 0. The molecule has 28 heavy (non-hydrogen) atoms. The third-order valence-corrected chi connectivity index (χ3v) is 5.56. The van der Waals surface area contributed by atoms with Gasteiger partial charge in [-0.05, 0) is 36.8 Å². The van der Waals surface area contributed by atoms with Crippen molar-refractivity contribution in [1.29, 1.82) is 0 Å². The van der Waals surface area contributed by atoms with Crippen molar-refractivity contribution in [3.63, 3.8) is 0 Å². The molecule has 0 fully saturated rings. The number of nitrogens with zero attached hydrogens (tertiary/aromatic N) is 2. The molecule has 1 aromatic heterocycles. The normalized spacial score (nSPS) is 11.9. The number of benzene rings is 2. The van der Waals surface area contributed by atoms with E-state index in [-0.39, 0.29) is 5.91 Å². The molecule has 0 bridgehead atoms. The number of para-hydroxylation sites is 1. The zero-order valence-electron chi connectivity index (χ0n) is 16.0. The molecule has 0 N–H and O–H groups in total. The maximum Gasteiger partial charge on any atom is 0.279 e. The van der Waals surface area contributed by atoms with Gasteiger partial charge in [-0.15, -0.1) is 0 Å². The second-order valence-electron chi connectivity index (χ2n) is 6.26. The number of aromatic nitrogens is 1. The predicted molar refractivity (Wildman–Crippen MR) is 113 cm³/mol. The zero-order valence-corrected chi connectivity index (χ0v) is 17.6. The molecule has 3 rings (SSSR count). The number of carbonyl (C=O) groups excluding carboxylic acids is 1. The number of methoxy groups -OCH3 is 1. The minimum absolute atomic E-state index is 0.310. The number of ether oxygens (including phenoxy) is 2. The summed E-state index contributed by atoms with van der Waals surface area (Å²) in [5, 5.41) is 0.630. The fourth-order valence-corrected chi connectivity index (χ4v) is 4.18. The van der Waals surface area contributed by atoms with Crippen LogP contribution in [0.1, 0.15) is 30.1 Å². The van der Waals surface area contributed by atoms with E-state index in [1.807, 2.05) is 34.9 Å². The molecule has 0 unspecified atom stereocenters. The van der Waals surface area contributed by atoms with Gasteiger partial charge >= 0.3 is 0 Å². The first-order valence-corrected chi connectivity index (χ1v) is 10.4. The lowest BCUT2D eigenvalue weighted by Gasteiger charge is -2.06. The summed E-state index contributed by atoms with van der Waals surface area (Å²) in [6.07, 6.45) is 2.04. The molecule has 0 aliphatic carbocycles.